The highest BCUT2D eigenvalue weighted by Crippen LogP contribution is 2.30. The molecule has 0 fully saturated rings. The number of hydrogen-bond donors (Lipinski definition) is 1. The van der Waals surface area contributed by atoms with E-state index in [1.54, 1.807) is 0 Å². The van der Waals surface area contributed by atoms with Gasteiger partial charge in [-0.3, -0.25) is 0 Å². The molecule has 0 aliphatic rings. The van der Waals surface area contributed by atoms with Crippen LogP contribution >= 0.6 is 8.03 Å². The van der Waals surface area contributed by atoms with Crippen molar-refractivity contribution in [2.24, 2.45) is 5.92 Å². The molecule has 8 heavy (non-hydrogen) atoms. The molecule has 0 aliphatic carbocycles. The van der Waals surface area contributed by atoms with Crippen LogP contribution < -0.4 is 0 Å². The van der Waals surface area contributed by atoms with Gasteiger partial charge in [0.25, 0.3) is 0 Å². The fourth-order valence-electron chi connectivity index (χ4n) is 0.221. The lowest BCUT2D eigenvalue weighted by molar-refractivity contribution is 0.505. The van der Waals surface area contributed by atoms with E-state index in [-0.39, 0.29) is 5.92 Å². The van der Waals surface area contributed by atoms with Crippen LogP contribution in [0.25, 0.3) is 0 Å². The summed E-state index contributed by atoms with van der Waals surface area (Å²) in [6.07, 6.45) is 0. The van der Waals surface area contributed by atoms with Crippen LogP contribution in [-0.4, -0.2) is 4.89 Å². The van der Waals surface area contributed by atoms with Crippen molar-refractivity contribution in [1.29, 1.82) is 0 Å². The first-order valence-electron chi connectivity index (χ1n) is 2.40. The summed E-state index contributed by atoms with van der Waals surface area (Å²) >= 11 is 0. The van der Waals surface area contributed by atoms with E-state index in [1.807, 2.05) is 13.8 Å². The monoisotopic (exact) mass is 133 g/mol. The van der Waals surface area contributed by atoms with Gasteiger partial charge in [-0.1, -0.05) is 13.8 Å². The lowest BCUT2D eigenvalue weighted by Crippen LogP contribution is -1.85. The van der Waals surface area contributed by atoms with E-state index >= 15 is 0 Å². The van der Waals surface area contributed by atoms with Gasteiger partial charge in [0, 0.05) is 5.92 Å². The molecule has 0 aromatic rings. The minimum Gasteiger partial charge on any atom is -0.156 e. The Morgan fingerprint density at radius 3 is 2.12 bits per heavy atom. The van der Waals surface area contributed by atoms with E-state index in [0.717, 1.165) is 0 Å². The summed E-state index contributed by atoms with van der Waals surface area (Å²) in [5.41, 5.74) is 0. The maximum Gasteiger partial charge on any atom is 0.541 e. The van der Waals surface area contributed by atoms with Gasteiger partial charge in [0.05, 0.1) is 0 Å². The van der Waals surface area contributed by atoms with Crippen LogP contribution in [0.15, 0.2) is 11.9 Å². The standard InChI is InChI=1S/C5H9O2P/c1-4(2)5(3)8(6)7/h4H,3H2,1-2H3/p+1. The highest BCUT2D eigenvalue weighted by molar-refractivity contribution is 7.43. The molecule has 0 aromatic heterocycles. The predicted octanol–water partition coefficient (Wildman–Crippen LogP) is 1.89. The quantitative estimate of drug-likeness (QED) is 0.584. The third-order valence-electron chi connectivity index (χ3n) is 0.912. The van der Waals surface area contributed by atoms with Crippen molar-refractivity contribution in [2.45, 2.75) is 13.8 Å². The van der Waals surface area contributed by atoms with Gasteiger partial charge in [-0.15, -0.1) is 0 Å². The third kappa shape index (κ3) is 2.20. The van der Waals surface area contributed by atoms with Crippen molar-refractivity contribution in [3.8, 4) is 0 Å². The lowest BCUT2D eigenvalue weighted by Gasteiger charge is -1.90. The molecule has 2 nitrogen and oxygen atoms in total. The smallest absolute Gasteiger partial charge is 0.156 e. The summed E-state index contributed by atoms with van der Waals surface area (Å²) in [6.45, 7) is 7.10. The van der Waals surface area contributed by atoms with Crippen LogP contribution in [0.4, 0.5) is 0 Å². The van der Waals surface area contributed by atoms with Gasteiger partial charge in [-0.25, -0.2) is 0 Å². The molecule has 0 amide bonds. The Kier molecular flexibility index (Phi) is 2.88. The minimum atomic E-state index is -2.15. The fraction of sp³-hybridized carbons (Fsp3) is 0.600. The van der Waals surface area contributed by atoms with Crippen LogP contribution in [0, 0.1) is 5.92 Å². The van der Waals surface area contributed by atoms with Gasteiger partial charge >= 0.3 is 8.03 Å². The van der Waals surface area contributed by atoms with Crippen molar-refractivity contribution in [3.05, 3.63) is 11.9 Å². The van der Waals surface area contributed by atoms with Gasteiger partial charge < -0.3 is 0 Å². The molecule has 1 unspecified atom stereocenters. The maximum atomic E-state index is 10.2. The molecule has 0 rings (SSSR count). The molecule has 0 heterocycles. The van der Waals surface area contributed by atoms with E-state index in [9.17, 15) is 4.57 Å². The first-order chi connectivity index (χ1) is 3.55. The molecule has 1 N–H and O–H groups in total. The Balaban J connectivity index is 3.84. The molecule has 0 aromatic carbocycles. The molecule has 0 aliphatic heterocycles. The molecular weight excluding hydrogens is 123 g/mol. The van der Waals surface area contributed by atoms with Crippen LogP contribution in [0.3, 0.4) is 0 Å². The van der Waals surface area contributed by atoms with Crippen molar-refractivity contribution >= 4 is 8.03 Å². The summed E-state index contributed by atoms with van der Waals surface area (Å²) in [5, 5.41) is 0.417. The summed E-state index contributed by atoms with van der Waals surface area (Å²) in [5.74, 6) is 0.114. The third-order valence-corrected chi connectivity index (χ3v) is 1.92. The molecule has 3 heteroatoms. The summed E-state index contributed by atoms with van der Waals surface area (Å²) in [6, 6.07) is 0. The molecule has 0 saturated heterocycles. The number of hydrogen-bond acceptors (Lipinski definition) is 1. The largest absolute Gasteiger partial charge is 0.541 e. The average Bonchev–Trinajstić information content (AvgIpc) is 1.64. The second-order valence-corrected chi connectivity index (χ2v) is 3.04. The van der Waals surface area contributed by atoms with Gasteiger partial charge in [-0.2, -0.15) is 4.89 Å². The first kappa shape index (κ1) is 7.80. The zero-order chi connectivity index (χ0) is 6.73. The number of rotatable bonds is 2. The van der Waals surface area contributed by atoms with E-state index in [2.05, 4.69) is 6.58 Å². The second-order valence-electron chi connectivity index (χ2n) is 1.92. The Labute approximate surface area is 50.1 Å². The van der Waals surface area contributed by atoms with Crippen LogP contribution in [0.1, 0.15) is 13.8 Å². The average molecular weight is 133 g/mol. The molecule has 0 saturated carbocycles. The minimum absolute atomic E-state index is 0.114. The summed E-state index contributed by atoms with van der Waals surface area (Å²) in [4.78, 5) is 8.40. The van der Waals surface area contributed by atoms with Gasteiger partial charge in [-0.05, 0) is 11.1 Å². The molecule has 1 atom stereocenters. The Bertz CT molecular complexity index is 118. The predicted molar refractivity (Wildman–Crippen MR) is 33.8 cm³/mol. The van der Waals surface area contributed by atoms with E-state index < -0.39 is 8.03 Å². The Morgan fingerprint density at radius 2 is 2.12 bits per heavy atom. The Hall–Kier alpha value is -0.200. The lowest BCUT2D eigenvalue weighted by atomic mass is 10.2. The van der Waals surface area contributed by atoms with Crippen molar-refractivity contribution in [2.75, 3.05) is 0 Å². The molecule has 46 valence electrons. The Morgan fingerprint density at radius 1 is 1.75 bits per heavy atom. The van der Waals surface area contributed by atoms with Crippen molar-refractivity contribution < 1.29 is 9.46 Å². The van der Waals surface area contributed by atoms with Gasteiger partial charge in [0.2, 0.25) is 0 Å². The van der Waals surface area contributed by atoms with E-state index in [0.29, 0.717) is 5.31 Å². The van der Waals surface area contributed by atoms with Crippen LogP contribution in [0.5, 0.6) is 0 Å². The SMILES string of the molecule is C=C(C(C)C)[P+](=O)O. The van der Waals surface area contributed by atoms with E-state index in [1.165, 1.54) is 0 Å². The van der Waals surface area contributed by atoms with Gasteiger partial charge in [0.1, 0.15) is 0 Å². The summed E-state index contributed by atoms with van der Waals surface area (Å²) in [7, 11) is -2.15. The highest BCUT2D eigenvalue weighted by Gasteiger charge is 2.20. The maximum absolute atomic E-state index is 10.2. The highest BCUT2D eigenvalue weighted by atomic mass is 31.1. The fourth-order valence-corrected chi connectivity index (χ4v) is 0.663. The van der Waals surface area contributed by atoms with Crippen molar-refractivity contribution in [1.82, 2.24) is 0 Å². The molecule has 0 spiro atoms. The van der Waals surface area contributed by atoms with Crippen molar-refractivity contribution in [3.63, 3.8) is 0 Å². The topological polar surface area (TPSA) is 37.3 Å². The summed E-state index contributed by atoms with van der Waals surface area (Å²) < 4.78 is 10.2. The number of allylic oxidation sites excluding steroid dienone is 1. The first-order valence-corrected chi connectivity index (χ1v) is 3.62. The molecule has 0 bridgehead atoms. The zero-order valence-electron chi connectivity index (χ0n) is 5.09. The second kappa shape index (κ2) is 2.95. The normalized spacial score (nSPS) is 11.8. The zero-order valence-corrected chi connectivity index (χ0v) is 5.98. The molecule has 0 radical (unpaired) electrons. The van der Waals surface area contributed by atoms with Crippen LogP contribution in [-0.2, 0) is 4.57 Å². The van der Waals surface area contributed by atoms with E-state index in [4.69, 9.17) is 4.89 Å². The van der Waals surface area contributed by atoms with Crippen LogP contribution in [0.2, 0.25) is 0 Å². The van der Waals surface area contributed by atoms with Gasteiger partial charge in [0.15, 0.2) is 5.31 Å². The molecular formula is C5H10O2P+.